The molecule has 2 fully saturated rings. The van der Waals surface area contributed by atoms with Crippen molar-refractivity contribution in [3.63, 3.8) is 0 Å². The number of hydrogen-bond donors (Lipinski definition) is 1. The molecule has 1 aliphatic heterocycles. The standard InChI is InChI=1S/C19H24F6N4O/c1-12(18(20,21)22)28-7-9-29(10-8-28)17(26-2)27-15-11-14(15)13-5-3-4-6-16(13)30-19(23,24)25/h3-6,12,14-15H,7-11H2,1-2H3,(H,26,27). The molecule has 1 aromatic rings. The second-order valence-corrected chi connectivity index (χ2v) is 7.47. The van der Waals surface area contributed by atoms with Gasteiger partial charge in [-0.25, -0.2) is 0 Å². The van der Waals surface area contributed by atoms with Crippen LogP contribution in [0.5, 0.6) is 5.75 Å². The van der Waals surface area contributed by atoms with Crippen molar-refractivity contribution in [1.82, 2.24) is 15.1 Å². The van der Waals surface area contributed by atoms with Gasteiger partial charge >= 0.3 is 12.5 Å². The summed E-state index contributed by atoms with van der Waals surface area (Å²) in [6.45, 7) is 2.41. The fourth-order valence-corrected chi connectivity index (χ4v) is 3.69. The van der Waals surface area contributed by atoms with Crippen molar-refractivity contribution in [3.05, 3.63) is 29.8 Å². The number of halogens is 6. The first kappa shape index (κ1) is 22.5. The highest BCUT2D eigenvalue weighted by Gasteiger charge is 2.44. The number of aliphatic imine (C=N–C) groups is 1. The monoisotopic (exact) mass is 438 g/mol. The summed E-state index contributed by atoms with van der Waals surface area (Å²) in [6, 6.07) is 4.41. The highest BCUT2D eigenvalue weighted by atomic mass is 19.4. The zero-order chi connectivity index (χ0) is 22.1. The first-order chi connectivity index (χ1) is 14.0. The van der Waals surface area contributed by atoms with E-state index in [1.54, 1.807) is 19.2 Å². The summed E-state index contributed by atoms with van der Waals surface area (Å²) in [7, 11) is 1.57. The van der Waals surface area contributed by atoms with Gasteiger partial charge in [0.1, 0.15) is 11.8 Å². The minimum atomic E-state index is -4.77. The van der Waals surface area contributed by atoms with Gasteiger partial charge in [0.2, 0.25) is 0 Å². The predicted octanol–water partition coefficient (Wildman–Crippen LogP) is 3.58. The largest absolute Gasteiger partial charge is 0.573 e. The molecule has 1 aliphatic carbocycles. The van der Waals surface area contributed by atoms with Gasteiger partial charge in [-0.1, -0.05) is 18.2 Å². The predicted molar refractivity (Wildman–Crippen MR) is 99.4 cm³/mol. The Morgan fingerprint density at radius 3 is 2.30 bits per heavy atom. The van der Waals surface area contributed by atoms with E-state index in [4.69, 9.17) is 0 Å². The first-order valence-electron chi connectivity index (χ1n) is 9.63. The summed E-state index contributed by atoms with van der Waals surface area (Å²) < 4.78 is 80.7. The molecule has 1 N–H and O–H groups in total. The molecule has 5 nitrogen and oxygen atoms in total. The van der Waals surface area contributed by atoms with Crippen LogP contribution in [-0.4, -0.2) is 73.6 Å². The average Bonchev–Trinajstić information content (AvgIpc) is 3.43. The molecule has 3 unspecified atom stereocenters. The number of ether oxygens (including phenoxy) is 1. The van der Waals surface area contributed by atoms with Crippen LogP contribution < -0.4 is 10.1 Å². The molecule has 0 bridgehead atoms. The smallest absolute Gasteiger partial charge is 0.405 e. The van der Waals surface area contributed by atoms with E-state index in [1.807, 2.05) is 4.90 Å². The van der Waals surface area contributed by atoms with Gasteiger partial charge in [-0.3, -0.25) is 9.89 Å². The van der Waals surface area contributed by atoms with Crippen molar-refractivity contribution < 1.29 is 31.1 Å². The van der Waals surface area contributed by atoms with Crippen LogP contribution in [0.1, 0.15) is 24.8 Å². The van der Waals surface area contributed by atoms with Gasteiger partial charge in [0.05, 0.1) is 0 Å². The second-order valence-electron chi connectivity index (χ2n) is 7.47. The van der Waals surface area contributed by atoms with Crippen LogP contribution in [0.25, 0.3) is 0 Å². The van der Waals surface area contributed by atoms with Crippen molar-refractivity contribution in [2.75, 3.05) is 33.2 Å². The first-order valence-corrected chi connectivity index (χ1v) is 9.63. The zero-order valence-corrected chi connectivity index (χ0v) is 16.6. The van der Waals surface area contributed by atoms with Gasteiger partial charge in [-0.15, -0.1) is 13.2 Å². The second kappa shape index (κ2) is 8.52. The summed E-state index contributed by atoms with van der Waals surface area (Å²) in [6.07, 6.45) is -8.42. The fraction of sp³-hybridized carbons (Fsp3) is 0.632. The van der Waals surface area contributed by atoms with Crippen LogP contribution in [0.2, 0.25) is 0 Å². The van der Waals surface area contributed by atoms with Gasteiger partial charge in [-0.05, 0) is 25.0 Å². The lowest BCUT2D eigenvalue weighted by Crippen LogP contribution is -2.57. The number of rotatable bonds is 4. The molecule has 1 saturated heterocycles. The molecule has 30 heavy (non-hydrogen) atoms. The molecular weight excluding hydrogens is 414 g/mol. The Kier molecular flexibility index (Phi) is 6.40. The Balaban J connectivity index is 1.57. The number of hydrogen-bond acceptors (Lipinski definition) is 3. The van der Waals surface area contributed by atoms with E-state index in [9.17, 15) is 26.3 Å². The third kappa shape index (κ3) is 5.50. The lowest BCUT2D eigenvalue weighted by Gasteiger charge is -2.39. The highest BCUT2D eigenvalue weighted by molar-refractivity contribution is 5.81. The van der Waals surface area contributed by atoms with Crippen molar-refractivity contribution in [3.8, 4) is 5.75 Å². The maximum Gasteiger partial charge on any atom is 0.573 e. The number of para-hydroxylation sites is 1. The summed E-state index contributed by atoms with van der Waals surface area (Å²) in [5.74, 6) is 0.159. The Labute approximate surface area is 170 Å². The lowest BCUT2D eigenvalue weighted by molar-refractivity contribution is -0.274. The summed E-state index contributed by atoms with van der Waals surface area (Å²) in [4.78, 5) is 7.45. The van der Waals surface area contributed by atoms with E-state index in [1.165, 1.54) is 17.0 Å². The maximum absolute atomic E-state index is 12.9. The number of piperazine rings is 1. The van der Waals surface area contributed by atoms with E-state index in [2.05, 4.69) is 15.0 Å². The zero-order valence-electron chi connectivity index (χ0n) is 16.6. The topological polar surface area (TPSA) is 40.1 Å². The van der Waals surface area contributed by atoms with Gasteiger partial charge in [0, 0.05) is 45.2 Å². The lowest BCUT2D eigenvalue weighted by atomic mass is 10.1. The molecule has 3 atom stereocenters. The maximum atomic E-state index is 12.9. The Bertz CT molecular complexity index is 758. The summed E-state index contributed by atoms with van der Waals surface area (Å²) in [5, 5.41) is 3.22. The Hall–Kier alpha value is -2.17. The molecular formula is C19H24F6N4O. The van der Waals surface area contributed by atoms with Gasteiger partial charge in [-0.2, -0.15) is 13.2 Å². The van der Waals surface area contributed by atoms with Crippen LogP contribution in [0.4, 0.5) is 26.3 Å². The SMILES string of the molecule is CN=C(NC1CC1c1ccccc1OC(F)(F)F)N1CCN(C(C)C(F)(F)F)CC1. The van der Waals surface area contributed by atoms with E-state index < -0.39 is 18.6 Å². The van der Waals surface area contributed by atoms with Gasteiger partial charge in [0.25, 0.3) is 0 Å². The minimum Gasteiger partial charge on any atom is -0.405 e. The van der Waals surface area contributed by atoms with Crippen molar-refractivity contribution in [2.45, 2.75) is 43.9 Å². The van der Waals surface area contributed by atoms with Crippen LogP contribution in [0.3, 0.4) is 0 Å². The molecule has 0 aromatic heterocycles. The normalized spacial score (nSPS) is 24.5. The number of nitrogens with zero attached hydrogens (tertiary/aromatic N) is 3. The molecule has 11 heteroatoms. The molecule has 2 aliphatic rings. The third-order valence-corrected chi connectivity index (χ3v) is 5.50. The average molecular weight is 438 g/mol. The molecule has 0 radical (unpaired) electrons. The van der Waals surface area contributed by atoms with Crippen molar-refractivity contribution in [1.29, 1.82) is 0 Å². The molecule has 1 saturated carbocycles. The highest BCUT2D eigenvalue weighted by Crippen LogP contribution is 2.45. The quantitative estimate of drug-likeness (QED) is 0.443. The Morgan fingerprint density at radius 1 is 1.10 bits per heavy atom. The molecule has 168 valence electrons. The molecule has 0 amide bonds. The third-order valence-electron chi connectivity index (χ3n) is 5.50. The van der Waals surface area contributed by atoms with Gasteiger partial charge < -0.3 is 15.0 Å². The number of nitrogens with one attached hydrogen (secondary N) is 1. The minimum absolute atomic E-state index is 0.117. The number of alkyl halides is 6. The number of benzene rings is 1. The summed E-state index contributed by atoms with van der Waals surface area (Å²) in [5.41, 5.74) is 0.464. The number of guanidine groups is 1. The van der Waals surface area contributed by atoms with E-state index in [0.717, 1.165) is 6.92 Å². The van der Waals surface area contributed by atoms with Crippen LogP contribution in [-0.2, 0) is 0 Å². The molecule has 1 aromatic carbocycles. The molecule has 3 rings (SSSR count). The Morgan fingerprint density at radius 2 is 1.73 bits per heavy atom. The van der Waals surface area contributed by atoms with Crippen LogP contribution >= 0.6 is 0 Å². The van der Waals surface area contributed by atoms with E-state index in [0.29, 0.717) is 31.0 Å². The van der Waals surface area contributed by atoms with Crippen LogP contribution in [0, 0.1) is 0 Å². The summed E-state index contributed by atoms with van der Waals surface area (Å²) >= 11 is 0. The van der Waals surface area contributed by atoms with Gasteiger partial charge in [0.15, 0.2) is 5.96 Å². The van der Waals surface area contributed by atoms with Crippen LogP contribution in [0.15, 0.2) is 29.3 Å². The van der Waals surface area contributed by atoms with Crippen molar-refractivity contribution in [2.24, 2.45) is 4.99 Å². The van der Waals surface area contributed by atoms with E-state index >= 15 is 0 Å². The fourth-order valence-electron chi connectivity index (χ4n) is 3.69. The molecule has 1 heterocycles. The van der Waals surface area contributed by atoms with E-state index in [-0.39, 0.29) is 30.8 Å². The molecule has 0 spiro atoms. The van der Waals surface area contributed by atoms with Crippen molar-refractivity contribution >= 4 is 5.96 Å².